The maximum Gasteiger partial charge on any atom is 0.277 e. The van der Waals surface area contributed by atoms with Gasteiger partial charge in [-0.15, -0.1) is 0 Å². The molecule has 3 heterocycles. The van der Waals surface area contributed by atoms with Crippen molar-refractivity contribution in [2.75, 3.05) is 0 Å². The summed E-state index contributed by atoms with van der Waals surface area (Å²) in [5.41, 5.74) is 2.08. The Balaban J connectivity index is 1.85. The number of aromatic nitrogens is 5. The SMILES string of the molecule is Cn1c(=O)c2c(-c3noc(C4CC4)n3)ncn2c2cccc(Cl)c21. The molecule has 120 valence electrons. The van der Waals surface area contributed by atoms with Crippen molar-refractivity contribution in [2.24, 2.45) is 7.05 Å². The summed E-state index contributed by atoms with van der Waals surface area (Å²) in [5, 5.41) is 4.52. The molecule has 0 aliphatic heterocycles. The highest BCUT2D eigenvalue weighted by molar-refractivity contribution is 6.35. The second-order valence-electron chi connectivity index (χ2n) is 6.01. The number of benzene rings is 1. The first kappa shape index (κ1) is 13.7. The van der Waals surface area contributed by atoms with Gasteiger partial charge < -0.3 is 9.09 Å². The number of hydrogen-bond donors (Lipinski definition) is 0. The topological polar surface area (TPSA) is 78.2 Å². The molecule has 0 amide bonds. The van der Waals surface area contributed by atoms with Crippen molar-refractivity contribution in [3.63, 3.8) is 0 Å². The smallest absolute Gasteiger partial charge is 0.277 e. The van der Waals surface area contributed by atoms with Gasteiger partial charge in [-0.3, -0.25) is 9.20 Å². The maximum absolute atomic E-state index is 12.9. The molecule has 1 aromatic carbocycles. The molecule has 24 heavy (non-hydrogen) atoms. The maximum atomic E-state index is 12.9. The van der Waals surface area contributed by atoms with E-state index in [1.165, 1.54) is 4.57 Å². The summed E-state index contributed by atoms with van der Waals surface area (Å²) in [6, 6.07) is 5.49. The van der Waals surface area contributed by atoms with Crippen LogP contribution in [0.1, 0.15) is 24.7 Å². The lowest BCUT2D eigenvalue weighted by atomic mass is 10.2. The molecule has 0 N–H and O–H groups in total. The van der Waals surface area contributed by atoms with Crippen molar-refractivity contribution < 1.29 is 4.52 Å². The van der Waals surface area contributed by atoms with Crippen molar-refractivity contribution in [2.45, 2.75) is 18.8 Å². The zero-order valence-corrected chi connectivity index (χ0v) is 13.5. The van der Waals surface area contributed by atoms with Gasteiger partial charge in [-0.05, 0) is 25.0 Å². The molecule has 1 saturated carbocycles. The summed E-state index contributed by atoms with van der Waals surface area (Å²) in [7, 11) is 1.69. The Hall–Kier alpha value is -2.67. The van der Waals surface area contributed by atoms with Gasteiger partial charge in [-0.1, -0.05) is 22.8 Å². The largest absolute Gasteiger partial charge is 0.339 e. The van der Waals surface area contributed by atoms with E-state index in [9.17, 15) is 4.79 Å². The van der Waals surface area contributed by atoms with E-state index in [1.807, 2.05) is 12.1 Å². The lowest BCUT2D eigenvalue weighted by molar-refractivity contribution is 0.380. The van der Waals surface area contributed by atoms with Crippen LogP contribution in [0.15, 0.2) is 33.8 Å². The van der Waals surface area contributed by atoms with Crippen LogP contribution in [0.5, 0.6) is 0 Å². The van der Waals surface area contributed by atoms with Gasteiger partial charge in [0, 0.05) is 13.0 Å². The minimum atomic E-state index is -0.208. The predicted molar refractivity (Wildman–Crippen MR) is 88.2 cm³/mol. The van der Waals surface area contributed by atoms with Crippen molar-refractivity contribution in [1.29, 1.82) is 0 Å². The summed E-state index contributed by atoms with van der Waals surface area (Å²) in [5.74, 6) is 1.31. The van der Waals surface area contributed by atoms with Crippen molar-refractivity contribution in [3.05, 3.63) is 45.8 Å². The molecule has 3 aromatic heterocycles. The third-order valence-corrected chi connectivity index (χ3v) is 4.72. The lowest BCUT2D eigenvalue weighted by Crippen LogP contribution is -2.20. The van der Waals surface area contributed by atoms with Crippen LogP contribution in [0, 0.1) is 0 Å². The molecule has 8 heteroatoms. The van der Waals surface area contributed by atoms with E-state index in [-0.39, 0.29) is 5.56 Å². The number of para-hydroxylation sites is 1. The van der Waals surface area contributed by atoms with Crippen LogP contribution in [-0.4, -0.2) is 24.1 Å². The van der Waals surface area contributed by atoms with Gasteiger partial charge in [0.05, 0.1) is 16.1 Å². The van der Waals surface area contributed by atoms with Gasteiger partial charge >= 0.3 is 0 Å². The van der Waals surface area contributed by atoms with E-state index < -0.39 is 0 Å². The molecule has 1 aliphatic rings. The molecule has 1 aliphatic carbocycles. The fraction of sp³-hybridized carbons (Fsp3) is 0.250. The Kier molecular flexibility index (Phi) is 2.67. The molecule has 0 spiro atoms. The van der Waals surface area contributed by atoms with Crippen LogP contribution in [0.25, 0.3) is 28.1 Å². The van der Waals surface area contributed by atoms with Gasteiger partial charge in [0.2, 0.25) is 11.7 Å². The highest BCUT2D eigenvalue weighted by Gasteiger charge is 2.30. The second kappa shape index (κ2) is 4.67. The first-order chi connectivity index (χ1) is 11.6. The molecule has 5 rings (SSSR count). The lowest BCUT2D eigenvalue weighted by Gasteiger charge is -2.09. The Bertz CT molecular complexity index is 1170. The second-order valence-corrected chi connectivity index (χ2v) is 6.42. The molecule has 0 unspecified atom stereocenters. The Labute approximate surface area is 140 Å². The summed E-state index contributed by atoms with van der Waals surface area (Å²) < 4.78 is 8.55. The van der Waals surface area contributed by atoms with E-state index in [4.69, 9.17) is 16.1 Å². The zero-order chi connectivity index (χ0) is 16.4. The quantitative estimate of drug-likeness (QED) is 0.560. The summed E-state index contributed by atoms with van der Waals surface area (Å²) in [6.07, 6.45) is 3.73. The third-order valence-electron chi connectivity index (χ3n) is 4.42. The Morgan fingerprint density at radius 1 is 1.29 bits per heavy atom. The van der Waals surface area contributed by atoms with E-state index in [0.717, 1.165) is 18.4 Å². The standard InChI is InChI=1S/C16H12ClN5O2/c1-21-12-9(17)3-2-4-10(12)22-7-18-11(13(22)16(21)23)14-19-15(24-20-14)8-5-6-8/h2-4,7-8H,5-6H2,1H3. The predicted octanol–water partition coefficient (Wildman–Crippen LogP) is 2.77. The minimum Gasteiger partial charge on any atom is -0.339 e. The van der Waals surface area contributed by atoms with Crippen molar-refractivity contribution >= 4 is 28.2 Å². The molecule has 0 atom stereocenters. The van der Waals surface area contributed by atoms with Crippen LogP contribution >= 0.6 is 11.6 Å². The monoisotopic (exact) mass is 341 g/mol. The van der Waals surface area contributed by atoms with E-state index in [0.29, 0.717) is 39.4 Å². The normalized spacial score (nSPS) is 14.8. The van der Waals surface area contributed by atoms with Gasteiger partial charge in [-0.2, -0.15) is 4.98 Å². The minimum absolute atomic E-state index is 0.208. The number of fused-ring (bicyclic) bond motifs is 3. The van der Waals surface area contributed by atoms with Crippen molar-refractivity contribution in [1.82, 2.24) is 24.1 Å². The number of nitrogens with zero attached hydrogens (tertiary/aromatic N) is 5. The van der Waals surface area contributed by atoms with Gasteiger partial charge in [0.15, 0.2) is 0 Å². The molecule has 0 radical (unpaired) electrons. The summed E-state index contributed by atoms with van der Waals surface area (Å²) in [4.78, 5) is 21.6. The Morgan fingerprint density at radius 3 is 2.92 bits per heavy atom. The number of imidazole rings is 1. The fourth-order valence-electron chi connectivity index (χ4n) is 3.02. The first-order valence-electron chi connectivity index (χ1n) is 7.63. The molecule has 0 saturated heterocycles. The summed E-state index contributed by atoms with van der Waals surface area (Å²) in [6.45, 7) is 0. The zero-order valence-electron chi connectivity index (χ0n) is 12.7. The number of aryl methyl sites for hydroxylation is 1. The molecule has 7 nitrogen and oxygen atoms in total. The molecular weight excluding hydrogens is 330 g/mol. The molecule has 0 bridgehead atoms. The molecular formula is C16H12ClN5O2. The highest BCUT2D eigenvalue weighted by Crippen LogP contribution is 2.39. The third kappa shape index (κ3) is 1.78. The fourth-order valence-corrected chi connectivity index (χ4v) is 3.31. The summed E-state index contributed by atoms with van der Waals surface area (Å²) >= 11 is 6.27. The van der Waals surface area contributed by atoms with E-state index >= 15 is 0 Å². The average Bonchev–Trinajstić information content (AvgIpc) is 3.14. The van der Waals surface area contributed by atoms with Crippen LogP contribution in [0.3, 0.4) is 0 Å². The molecule has 4 aromatic rings. The van der Waals surface area contributed by atoms with E-state index in [1.54, 1.807) is 23.8 Å². The number of rotatable bonds is 2. The molecule has 1 fully saturated rings. The van der Waals surface area contributed by atoms with Crippen LogP contribution in [0.2, 0.25) is 5.02 Å². The van der Waals surface area contributed by atoms with Gasteiger partial charge in [0.1, 0.15) is 17.5 Å². The Morgan fingerprint density at radius 2 is 2.12 bits per heavy atom. The van der Waals surface area contributed by atoms with Crippen LogP contribution < -0.4 is 5.56 Å². The number of halogens is 1. The van der Waals surface area contributed by atoms with E-state index in [2.05, 4.69) is 15.1 Å². The number of hydrogen-bond acceptors (Lipinski definition) is 5. The van der Waals surface area contributed by atoms with Crippen molar-refractivity contribution in [3.8, 4) is 11.5 Å². The highest BCUT2D eigenvalue weighted by atomic mass is 35.5. The van der Waals surface area contributed by atoms with Gasteiger partial charge in [-0.25, -0.2) is 4.98 Å². The van der Waals surface area contributed by atoms with Gasteiger partial charge in [0.25, 0.3) is 5.56 Å². The van der Waals surface area contributed by atoms with Crippen LogP contribution in [-0.2, 0) is 7.05 Å². The average molecular weight is 342 g/mol. The first-order valence-corrected chi connectivity index (χ1v) is 8.01. The van der Waals surface area contributed by atoms with Crippen LogP contribution in [0.4, 0.5) is 0 Å².